The highest BCUT2D eigenvalue weighted by atomic mass is 35.5. The Labute approximate surface area is 158 Å². The molecule has 8 heteroatoms. The first-order valence-corrected chi connectivity index (χ1v) is 8.88. The molecule has 2 aromatic carbocycles. The summed E-state index contributed by atoms with van der Waals surface area (Å²) >= 11 is 7.10. The van der Waals surface area contributed by atoms with Gasteiger partial charge >= 0.3 is 12.1 Å². The van der Waals surface area contributed by atoms with E-state index in [0.717, 1.165) is 23.9 Å². The van der Waals surface area contributed by atoms with Crippen LogP contribution >= 0.6 is 23.4 Å². The second kappa shape index (κ2) is 8.68. The normalized spacial score (nSPS) is 12.5. The smallest absolute Gasteiger partial charge is 0.416 e. The molecule has 1 unspecified atom stereocenters. The van der Waals surface area contributed by atoms with Crippen LogP contribution in [0.3, 0.4) is 0 Å². The van der Waals surface area contributed by atoms with Crippen molar-refractivity contribution in [1.29, 1.82) is 0 Å². The molecule has 0 N–H and O–H groups in total. The van der Waals surface area contributed by atoms with Crippen LogP contribution in [-0.2, 0) is 15.7 Å². The van der Waals surface area contributed by atoms with Crippen LogP contribution < -0.4 is 4.74 Å². The zero-order valence-electron chi connectivity index (χ0n) is 14.0. The number of ether oxygens (including phenoxy) is 2. The first-order valence-electron chi connectivity index (χ1n) is 7.68. The molecule has 0 aliphatic heterocycles. The molecule has 0 spiro atoms. The lowest BCUT2D eigenvalue weighted by Gasteiger charge is -2.14. The fourth-order valence-electron chi connectivity index (χ4n) is 1.98. The molecule has 2 aromatic rings. The van der Waals surface area contributed by atoms with E-state index >= 15 is 0 Å². The molecule has 0 bridgehead atoms. The van der Waals surface area contributed by atoms with Crippen molar-refractivity contribution in [2.45, 2.75) is 35.9 Å². The Balaban J connectivity index is 2.09. The van der Waals surface area contributed by atoms with Crippen LogP contribution in [0.1, 0.15) is 19.4 Å². The molecule has 0 amide bonds. The zero-order chi connectivity index (χ0) is 19.3. The molecule has 0 fully saturated rings. The van der Waals surface area contributed by atoms with Crippen molar-refractivity contribution >= 4 is 29.3 Å². The number of hydrogen-bond donors (Lipinski definition) is 0. The van der Waals surface area contributed by atoms with Crippen LogP contribution in [0.4, 0.5) is 13.2 Å². The highest BCUT2D eigenvalue weighted by Crippen LogP contribution is 2.38. The maximum Gasteiger partial charge on any atom is 0.416 e. The molecule has 0 aliphatic rings. The standard InChI is InChI=1S/C18H16ClF3O3S/c1-3-24-17(23)11(2)25-13-5-7-14(8-6-13)26-16-10-12(18(20,21)22)4-9-15(16)19/h4-11H,3H2,1-2H3. The van der Waals surface area contributed by atoms with Crippen LogP contribution in [0.15, 0.2) is 52.3 Å². The number of carbonyl (C=O) groups excluding carboxylic acids is 1. The summed E-state index contributed by atoms with van der Waals surface area (Å²) < 4.78 is 48.8. The van der Waals surface area contributed by atoms with Gasteiger partial charge < -0.3 is 9.47 Å². The minimum Gasteiger partial charge on any atom is -0.479 e. The van der Waals surface area contributed by atoms with Crippen molar-refractivity contribution in [2.75, 3.05) is 6.61 Å². The van der Waals surface area contributed by atoms with Crippen molar-refractivity contribution in [2.24, 2.45) is 0 Å². The molecule has 140 valence electrons. The molecule has 0 heterocycles. The summed E-state index contributed by atoms with van der Waals surface area (Å²) in [5.74, 6) is -0.0215. The first-order chi connectivity index (χ1) is 12.2. The fraction of sp³-hybridized carbons (Fsp3) is 0.278. The molecule has 26 heavy (non-hydrogen) atoms. The summed E-state index contributed by atoms with van der Waals surface area (Å²) in [5, 5.41) is 0.235. The second-order valence-electron chi connectivity index (χ2n) is 5.23. The average molecular weight is 405 g/mol. The van der Waals surface area contributed by atoms with Gasteiger partial charge in [-0.3, -0.25) is 0 Å². The lowest BCUT2D eigenvalue weighted by molar-refractivity contribution is -0.150. The Morgan fingerprint density at radius 2 is 1.85 bits per heavy atom. The molecule has 2 rings (SSSR count). The topological polar surface area (TPSA) is 35.5 Å². The van der Waals surface area contributed by atoms with Crippen LogP contribution in [0.5, 0.6) is 5.75 Å². The molecule has 0 aromatic heterocycles. The van der Waals surface area contributed by atoms with E-state index in [4.69, 9.17) is 21.1 Å². The molecular formula is C18H16ClF3O3S. The number of hydrogen-bond acceptors (Lipinski definition) is 4. The molecule has 0 aliphatic carbocycles. The van der Waals surface area contributed by atoms with Gasteiger partial charge in [0, 0.05) is 9.79 Å². The van der Waals surface area contributed by atoms with Gasteiger partial charge in [0.2, 0.25) is 0 Å². The van der Waals surface area contributed by atoms with Crippen molar-refractivity contribution in [3.8, 4) is 5.75 Å². The van der Waals surface area contributed by atoms with E-state index in [0.29, 0.717) is 15.5 Å². The molecular weight excluding hydrogens is 389 g/mol. The van der Waals surface area contributed by atoms with Crippen molar-refractivity contribution < 1.29 is 27.4 Å². The number of rotatable bonds is 6. The van der Waals surface area contributed by atoms with Crippen molar-refractivity contribution in [3.63, 3.8) is 0 Å². The molecule has 3 nitrogen and oxygen atoms in total. The van der Waals surface area contributed by atoms with E-state index < -0.39 is 23.8 Å². The summed E-state index contributed by atoms with van der Waals surface area (Å²) in [6.45, 7) is 3.54. The minimum absolute atomic E-state index is 0.235. The summed E-state index contributed by atoms with van der Waals surface area (Å²) in [7, 11) is 0. The van der Waals surface area contributed by atoms with Gasteiger partial charge in [-0.25, -0.2) is 4.79 Å². The quantitative estimate of drug-likeness (QED) is 0.566. The number of benzene rings is 2. The van der Waals surface area contributed by atoms with Crippen molar-refractivity contribution in [1.82, 2.24) is 0 Å². The first kappa shape index (κ1) is 20.5. The van der Waals surface area contributed by atoms with Gasteiger partial charge in [0.15, 0.2) is 6.10 Å². The summed E-state index contributed by atoms with van der Waals surface area (Å²) in [6.07, 6.45) is -5.19. The lowest BCUT2D eigenvalue weighted by atomic mass is 10.2. The zero-order valence-corrected chi connectivity index (χ0v) is 15.5. The molecule has 0 radical (unpaired) electrons. The Morgan fingerprint density at radius 1 is 1.19 bits per heavy atom. The van der Waals surface area contributed by atoms with E-state index in [1.807, 2.05) is 0 Å². The third kappa shape index (κ3) is 5.57. The van der Waals surface area contributed by atoms with Gasteiger partial charge in [-0.2, -0.15) is 13.2 Å². The fourth-order valence-corrected chi connectivity index (χ4v) is 3.09. The predicted octanol–water partition coefficient (Wildman–Crippen LogP) is 5.84. The van der Waals surface area contributed by atoms with Crippen LogP contribution in [0, 0.1) is 0 Å². The lowest BCUT2D eigenvalue weighted by Crippen LogP contribution is -2.25. The van der Waals surface area contributed by atoms with Gasteiger partial charge in [0.25, 0.3) is 0 Å². The Morgan fingerprint density at radius 3 is 2.42 bits per heavy atom. The molecule has 0 saturated heterocycles. The second-order valence-corrected chi connectivity index (χ2v) is 6.75. The highest BCUT2D eigenvalue weighted by Gasteiger charge is 2.31. The van der Waals surface area contributed by atoms with E-state index in [1.54, 1.807) is 38.1 Å². The predicted molar refractivity (Wildman–Crippen MR) is 93.7 cm³/mol. The van der Waals surface area contributed by atoms with Gasteiger partial charge in [-0.15, -0.1) is 0 Å². The monoisotopic (exact) mass is 404 g/mol. The minimum atomic E-state index is -4.43. The van der Waals surface area contributed by atoms with Gasteiger partial charge in [-0.1, -0.05) is 23.4 Å². The molecule has 1 atom stereocenters. The highest BCUT2D eigenvalue weighted by molar-refractivity contribution is 7.99. The maximum absolute atomic E-state index is 12.8. The molecule has 0 saturated carbocycles. The number of esters is 1. The van der Waals surface area contributed by atoms with E-state index in [2.05, 4.69) is 0 Å². The summed E-state index contributed by atoms with van der Waals surface area (Å²) in [4.78, 5) is 12.5. The van der Waals surface area contributed by atoms with Crippen LogP contribution in [0.2, 0.25) is 5.02 Å². The summed E-state index contributed by atoms with van der Waals surface area (Å²) in [5.41, 5.74) is -0.757. The van der Waals surface area contributed by atoms with Gasteiger partial charge in [0.1, 0.15) is 5.75 Å². The third-order valence-electron chi connectivity index (χ3n) is 3.24. The SMILES string of the molecule is CCOC(=O)C(C)Oc1ccc(Sc2cc(C(F)(F)F)ccc2Cl)cc1. The number of halogens is 4. The average Bonchev–Trinajstić information content (AvgIpc) is 2.57. The largest absolute Gasteiger partial charge is 0.479 e. The van der Waals surface area contributed by atoms with E-state index in [1.165, 1.54) is 6.07 Å². The number of carbonyl (C=O) groups is 1. The van der Waals surface area contributed by atoms with E-state index in [-0.39, 0.29) is 11.6 Å². The van der Waals surface area contributed by atoms with Crippen molar-refractivity contribution in [3.05, 3.63) is 53.1 Å². The Bertz CT molecular complexity index is 763. The number of alkyl halides is 3. The maximum atomic E-state index is 12.8. The Kier molecular flexibility index (Phi) is 6.83. The van der Waals surface area contributed by atoms with Gasteiger partial charge in [-0.05, 0) is 56.3 Å². The van der Waals surface area contributed by atoms with Crippen LogP contribution in [0.25, 0.3) is 0 Å². The van der Waals surface area contributed by atoms with Crippen LogP contribution in [-0.4, -0.2) is 18.7 Å². The summed E-state index contributed by atoms with van der Waals surface area (Å²) in [6, 6.07) is 9.79. The van der Waals surface area contributed by atoms with E-state index in [9.17, 15) is 18.0 Å². The van der Waals surface area contributed by atoms with Gasteiger partial charge in [0.05, 0.1) is 17.2 Å². The third-order valence-corrected chi connectivity index (χ3v) is 4.75. The Hall–Kier alpha value is -1.86.